The summed E-state index contributed by atoms with van der Waals surface area (Å²) in [6, 6.07) is 4.36. The van der Waals surface area contributed by atoms with Crippen LogP contribution in [0.5, 0.6) is 5.75 Å². The number of hydrogen-bond acceptors (Lipinski definition) is 3. The average molecular weight is 196 g/mol. The second-order valence-electron chi connectivity index (χ2n) is 3.53. The predicted octanol–water partition coefficient (Wildman–Crippen LogP) is 1.01. The van der Waals surface area contributed by atoms with E-state index in [1.165, 1.54) is 18.2 Å². The van der Waals surface area contributed by atoms with Crippen molar-refractivity contribution in [2.75, 3.05) is 25.4 Å². The Morgan fingerprint density at radius 3 is 2.93 bits per heavy atom. The van der Waals surface area contributed by atoms with Gasteiger partial charge in [0, 0.05) is 30.8 Å². The van der Waals surface area contributed by atoms with Gasteiger partial charge in [-0.05, 0) is 12.1 Å². The van der Waals surface area contributed by atoms with E-state index in [9.17, 15) is 4.39 Å². The number of ether oxygens (including phenoxy) is 1. The molecule has 0 amide bonds. The van der Waals surface area contributed by atoms with Crippen LogP contribution in [0.4, 0.5) is 10.1 Å². The standard InChI is InChI=1S/C10H13FN2O/c11-9-2-1-8(12)3-10(9)14-6-7-4-13-5-7/h1-3,7,13H,4-6,12H2. The molecule has 4 heteroatoms. The molecule has 3 nitrogen and oxygen atoms in total. The largest absolute Gasteiger partial charge is 0.490 e. The van der Waals surface area contributed by atoms with Gasteiger partial charge in [0.15, 0.2) is 11.6 Å². The number of nitrogens with one attached hydrogen (secondary N) is 1. The summed E-state index contributed by atoms with van der Waals surface area (Å²) in [5.74, 6) is 0.388. The zero-order valence-electron chi connectivity index (χ0n) is 7.79. The lowest BCUT2D eigenvalue weighted by atomic mass is 10.1. The maximum Gasteiger partial charge on any atom is 0.165 e. The van der Waals surface area contributed by atoms with Crippen LogP contribution in [-0.4, -0.2) is 19.7 Å². The van der Waals surface area contributed by atoms with Gasteiger partial charge in [0.05, 0.1) is 6.61 Å². The summed E-state index contributed by atoms with van der Waals surface area (Å²) in [6.07, 6.45) is 0. The van der Waals surface area contributed by atoms with E-state index in [0.29, 0.717) is 18.2 Å². The number of hydrogen-bond donors (Lipinski definition) is 2. The lowest BCUT2D eigenvalue weighted by Gasteiger charge is -2.26. The lowest BCUT2D eigenvalue weighted by molar-refractivity contribution is 0.193. The Balaban J connectivity index is 1.96. The maximum atomic E-state index is 13.1. The molecule has 0 aliphatic carbocycles. The van der Waals surface area contributed by atoms with Crippen LogP contribution >= 0.6 is 0 Å². The van der Waals surface area contributed by atoms with Gasteiger partial charge in [-0.2, -0.15) is 0 Å². The van der Waals surface area contributed by atoms with Gasteiger partial charge in [0.1, 0.15) is 0 Å². The van der Waals surface area contributed by atoms with Gasteiger partial charge in [-0.3, -0.25) is 0 Å². The number of benzene rings is 1. The molecular formula is C10H13FN2O. The van der Waals surface area contributed by atoms with Crippen molar-refractivity contribution in [2.45, 2.75) is 0 Å². The summed E-state index contributed by atoms with van der Waals surface area (Å²) < 4.78 is 18.5. The summed E-state index contributed by atoms with van der Waals surface area (Å²) in [7, 11) is 0. The summed E-state index contributed by atoms with van der Waals surface area (Å²) >= 11 is 0. The first-order chi connectivity index (χ1) is 6.75. The van der Waals surface area contributed by atoms with Crippen molar-refractivity contribution in [1.29, 1.82) is 0 Å². The first kappa shape index (κ1) is 9.27. The third-order valence-corrected chi connectivity index (χ3v) is 2.30. The molecule has 0 unspecified atom stereocenters. The van der Waals surface area contributed by atoms with Crippen molar-refractivity contribution >= 4 is 5.69 Å². The SMILES string of the molecule is Nc1ccc(F)c(OCC2CNC2)c1. The Labute approximate surface area is 82.1 Å². The third kappa shape index (κ3) is 1.96. The minimum absolute atomic E-state index is 0.247. The van der Waals surface area contributed by atoms with Gasteiger partial charge < -0.3 is 15.8 Å². The molecule has 1 aromatic carbocycles. The first-order valence-electron chi connectivity index (χ1n) is 4.64. The Morgan fingerprint density at radius 2 is 2.29 bits per heavy atom. The highest BCUT2D eigenvalue weighted by Crippen LogP contribution is 2.20. The van der Waals surface area contributed by atoms with Crippen LogP contribution in [-0.2, 0) is 0 Å². The zero-order valence-corrected chi connectivity index (χ0v) is 7.79. The quantitative estimate of drug-likeness (QED) is 0.709. The highest BCUT2D eigenvalue weighted by molar-refractivity contribution is 5.44. The van der Waals surface area contributed by atoms with E-state index in [2.05, 4.69) is 5.32 Å². The summed E-state index contributed by atoms with van der Waals surface area (Å²) in [6.45, 7) is 2.45. The molecule has 76 valence electrons. The van der Waals surface area contributed by atoms with E-state index in [1.807, 2.05) is 0 Å². The normalized spacial score (nSPS) is 16.4. The molecule has 1 aliphatic rings. The molecule has 0 atom stereocenters. The Hall–Kier alpha value is -1.29. The molecule has 0 bridgehead atoms. The molecular weight excluding hydrogens is 183 g/mol. The van der Waals surface area contributed by atoms with E-state index in [4.69, 9.17) is 10.5 Å². The van der Waals surface area contributed by atoms with Crippen molar-refractivity contribution in [3.05, 3.63) is 24.0 Å². The van der Waals surface area contributed by atoms with E-state index in [0.717, 1.165) is 13.1 Å². The van der Waals surface area contributed by atoms with Gasteiger partial charge in [0.25, 0.3) is 0 Å². The van der Waals surface area contributed by atoms with Crippen LogP contribution in [0.1, 0.15) is 0 Å². The maximum absolute atomic E-state index is 13.1. The monoisotopic (exact) mass is 196 g/mol. The minimum atomic E-state index is -0.355. The van der Waals surface area contributed by atoms with E-state index in [-0.39, 0.29) is 11.6 Å². The minimum Gasteiger partial charge on any atom is -0.490 e. The fourth-order valence-electron chi connectivity index (χ4n) is 1.30. The second-order valence-corrected chi connectivity index (χ2v) is 3.53. The van der Waals surface area contributed by atoms with Crippen LogP contribution in [0.3, 0.4) is 0 Å². The van der Waals surface area contributed by atoms with Crippen molar-refractivity contribution < 1.29 is 9.13 Å². The number of anilines is 1. The molecule has 3 N–H and O–H groups in total. The van der Waals surface area contributed by atoms with Gasteiger partial charge in [-0.1, -0.05) is 0 Å². The number of nitrogens with two attached hydrogens (primary N) is 1. The summed E-state index contributed by atoms with van der Waals surface area (Å²) in [5, 5.41) is 3.13. The fraction of sp³-hybridized carbons (Fsp3) is 0.400. The Bertz CT molecular complexity index is 326. The fourth-order valence-corrected chi connectivity index (χ4v) is 1.30. The van der Waals surface area contributed by atoms with Crippen molar-refractivity contribution in [3.8, 4) is 5.75 Å². The highest BCUT2D eigenvalue weighted by atomic mass is 19.1. The highest BCUT2D eigenvalue weighted by Gasteiger charge is 2.17. The molecule has 1 heterocycles. The van der Waals surface area contributed by atoms with Crippen LogP contribution < -0.4 is 15.8 Å². The van der Waals surface area contributed by atoms with Gasteiger partial charge in [-0.25, -0.2) is 4.39 Å². The van der Waals surface area contributed by atoms with Crippen LogP contribution in [0.25, 0.3) is 0 Å². The molecule has 1 saturated heterocycles. The molecule has 1 fully saturated rings. The van der Waals surface area contributed by atoms with Gasteiger partial charge in [-0.15, -0.1) is 0 Å². The van der Waals surface area contributed by atoms with E-state index in [1.54, 1.807) is 0 Å². The Kier molecular flexibility index (Phi) is 2.54. The van der Waals surface area contributed by atoms with Crippen LogP contribution in [0.15, 0.2) is 18.2 Å². The molecule has 0 saturated carbocycles. The number of rotatable bonds is 3. The number of nitrogen functional groups attached to an aromatic ring is 1. The lowest BCUT2D eigenvalue weighted by Crippen LogP contribution is -2.45. The van der Waals surface area contributed by atoms with Crippen LogP contribution in [0, 0.1) is 11.7 Å². The molecule has 14 heavy (non-hydrogen) atoms. The smallest absolute Gasteiger partial charge is 0.165 e. The number of halogens is 1. The van der Waals surface area contributed by atoms with E-state index >= 15 is 0 Å². The Morgan fingerprint density at radius 1 is 1.50 bits per heavy atom. The van der Waals surface area contributed by atoms with Gasteiger partial charge in [0.2, 0.25) is 0 Å². The summed E-state index contributed by atoms with van der Waals surface area (Å²) in [5.41, 5.74) is 6.04. The van der Waals surface area contributed by atoms with Crippen molar-refractivity contribution in [2.24, 2.45) is 5.92 Å². The van der Waals surface area contributed by atoms with Gasteiger partial charge >= 0.3 is 0 Å². The topological polar surface area (TPSA) is 47.3 Å². The van der Waals surface area contributed by atoms with Crippen LogP contribution in [0.2, 0.25) is 0 Å². The molecule has 0 radical (unpaired) electrons. The van der Waals surface area contributed by atoms with Crippen molar-refractivity contribution in [1.82, 2.24) is 5.32 Å². The molecule has 0 spiro atoms. The van der Waals surface area contributed by atoms with Crippen molar-refractivity contribution in [3.63, 3.8) is 0 Å². The first-order valence-corrected chi connectivity index (χ1v) is 4.64. The molecule has 0 aromatic heterocycles. The zero-order chi connectivity index (χ0) is 9.97. The second kappa shape index (κ2) is 3.84. The third-order valence-electron chi connectivity index (χ3n) is 2.30. The molecule has 2 rings (SSSR count). The predicted molar refractivity (Wildman–Crippen MR) is 52.7 cm³/mol. The average Bonchev–Trinajstić information content (AvgIpc) is 2.08. The van der Waals surface area contributed by atoms with E-state index < -0.39 is 0 Å². The molecule has 1 aromatic rings. The molecule has 1 aliphatic heterocycles. The summed E-state index contributed by atoms with van der Waals surface area (Å²) in [4.78, 5) is 0.